The number of anilines is 2. The second-order valence-corrected chi connectivity index (χ2v) is 7.75. The molecule has 182 valence electrons. The normalized spacial score (nSPS) is 10.3. The Morgan fingerprint density at radius 1 is 1.03 bits per heavy atom. The molecule has 9 nitrogen and oxygen atoms in total. The zero-order chi connectivity index (χ0) is 25.4. The average molecular weight is 497 g/mol. The van der Waals surface area contributed by atoms with E-state index in [2.05, 4.69) is 10.6 Å². The number of para-hydroxylation sites is 2. The van der Waals surface area contributed by atoms with Crippen LogP contribution in [0.25, 0.3) is 0 Å². The summed E-state index contributed by atoms with van der Waals surface area (Å²) in [5, 5.41) is 23.1. The number of carboxylic acid groups (broad SMARTS) is 1. The van der Waals surface area contributed by atoms with Crippen LogP contribution in [-0.4, -0.2) is 36.0 Å². The Labute approximate surface area is 207 Å². The number of amidine groups is 1. The summed E-state index contributed by atoms with van der Waals surface area (Å²) >= 11 is 6.16. The SMILES string of the molecule is CCOc1cccc(CNc2ccc(Cl)cc2C(=O)Nc2ccccc2C(=N)N)c1OCC(=O)O. The lowest BCUT2D eigenvalue weighted by atomic mass is 10.1. The summed E-state index contributed by atoms with van der Waals surface area (Å²) in [6.07, 6.45) is 0. The molecule has 1 amide bonds. The molecule has 0 bridgehead atoms. The van der Waals surface area contributed by atoms with Crippen LogP contribution >= 0.6 is 11.6 Å². The van der Waals surface area contributed by atoms with Crippen molar-refractivity contribution in [3.8, 4) is 11.5 Å². The van der Waals surface area contributed by atoms with E-state index in [1.165, 1.54) is 6.07 Å². The lowest BCUT2D eigenvalue weighted by molar-refractivity contribution is -0.139. The van der Waals surface area contributed by atoms with Gasteiger partial charge in [0, 0.05) is 28.4 Å². The lowest BCUT2D eigenvalue weighted by Crippen LogP contribution is -2.19. The summed E-state index contributed by atoms with van der Waals surface area (Å²) in [5.41, 5.74) is 7.81. The average Bonchev–Trinajstić information content (AvgIpc) is 2.82. The summed E-state index contributed by atoms with van der Waals surface area (Å²) in [4.78, 5) is 24.2. The molecule has 35 heavy (non-hydrogen) atoms. The van der Waals surface area contributed by atoms with E-state index in [1.807, 2.05) is 6.92 Å². The number of benzene rings is 3. The number of aliphatic carboxylic acids is 1. The molecular weight excluding hydrogens is 472 g/mol. The van der Waals surface area contributed by atoms with Crippen LogP contribution in [0.15, 0.2) is 60.7 Å². The van der Waals surface area contributed by atoms with E-state index in [0.717, 1.165) is 0 Å². The monoisotopic (exact) mass is 496 g/mol. The van der Waals surface area contributed by atoms with E-state index in [4.69, 9.17) is 37.3 Å². The van der Waals surface area contributed by atoms with Gasteiger partial charge in [0.1, 0.15) is 5.84 Å². The third-order valence-electron chi connectivity index (χ3n) is 4.86. The number of carbonyl (C=O) groups is 2. The molecule has 0 aliphatic carbocycles. The number of amides is 1. The van der Waals surface area contributed by atoms with Gasteiger partial charge >= 0.3 is 5.97 Å². The standard InChI is InChI=1S/C25H25ClN4O5/c1-2-34-21-9-5-6-15(23(21)35-14-22(31)32)13-29-19-11-10-16(26)12-18(19)25(33)30-20-8-4-3-7-17(20)24(27)28/h3-12,29H,2,13-14H2,1H3,(H3,27,28)(H,30,33)(H,31,32). The number of rotatable bonds is 11. The molecular formula is C25H25ClN4O5. The first kappa shape index (κ1) is 25.4. The van der Waals surface area contributed by atoms with Gasteiger partial charge < -0.3 is 30.9 Å². The van der Waals surface area contributed by atoms with Gasteiger partial charge in [0.25, 0.3) is 5.91 Å². The van der Waals surface area contributed by atoms with Crippen LogP contribution < -0.4 is 25.8 Å². The third-order valence-corrected chi connectivity index (χ3v) is 5.10. The van der Waals surface area contributed by atoms with Gasteiger partial charge in [-0.05, 0) is 43.3 Å². The van der Waals surface area contributed by atoms with Crippen LogP contribution in [0.1, 0.15) is 28.4 Å². The van der Waals surface area contributed by atoms with Crippen molar-refractivity contribution in [2.24, 2.45) is 5.73 Å². The van der Waals surface area contributed by atoms with Gasteiger partial charge in [-0.1, -0.05) is 35.9 Å². The Bertz CT molecular complexity index is 1250. The molecule has 3 aromatic rings. The van der Waals surface area contributed by atoms with E-state index in [9.17, 15) is 9.59 Å². The van der Waals surface area contributed by atoms with Gasteiger partial charge in [-0.15, -0.1) is 0 Å². The largest absolute Gasteiger partial charge is 0.490 e. The van der Waals surface area contributed by atoms with Gasteiger partial charge in [0.15, 0.2) is 18.1 Å². The number of carboxylic acids is 1. The minimum atomic E-state index is -1.11. The fourth-order valence-electron chi connectivity index (χ4n) is 3.33. The minimum absolute atomic E-state index is 0.173. The van der Waals surface area contributed by atoms with Crippen LogP contribution in [0.2, 0.25) is 5.02 Å². The second-order valence-electron chi connectivity index (χ2n) is 7.32. The summed E-state index contributed by atoms with van der Waals surface area (Å²) < 4.78 is 11.1. The molecule has 0 saturated carbocycles. The smallest absolute Gasteiger partial charge is 0.341 e. The van der Waals surface area contributed by atoms with Crippen molar-refractivity contribution in [2.45, 2.75) is 13.5 Å². The molecule has 0 atom stereocenters. The number of ether oxygens (including phenoxy) is 2. The Balaban J connectivity index is 1.87. The Kier molecular flexibility index (Phi) is 8.53. The first-order valence-corrected chi connectivity index (χ1v) is 11.1. The molecule has 0 unspecified atom stereocenters. The summed E-state index contributed by atoms with van der Waals surface area (Å²) in [7, 11) is 0. The number of halogens is 1. The van der Waals surface area contributed by atoms with Crippen molar-refractivity contribution in [1.29, 1.82) is 5.41 Å². The van der Waals surface area contributed by atoms with Crippen molar-refractivity contribution in [3.63, 3.8) is 0 Å². The summed E-state index contributed by atoms with van der Waals surface area (Å²) in [6.45, 7) is 1.88. The lowest BCUT2D eigenvalue weighted by Gasteiger charge is -2.17. The van der Waals surface area contributed by atoms with Crippen molar-refractivity contribution in [1.82, 2.24) is 0 Å². The number of hydrogen-bond acceptors (Lipinski definition) is 6. The summed E-state index contributed by atoms with van der Waals surface area (Å²) in [5.74, 6) is -1.01. The van der Waals surface area contributed by atoms with Crippen LogP contribution in [0.4, 0.5) is 11.4 Å². The van der Waals surface area contributed by atoms with Gasteiger partial charge in [-0.3, -0.25) is 10.2 Å². The Morgan fingerprint density at radius 3 is 2.51 bits per heavy atom. The van der Waals surface area contributed by atoms with E-state index in [-0.39, 0.29) is 17.9 Å². The van der Waals surface area contributed by atoms with Crippen LogP contribution in [0.3, 0.4) is 0 Å². The molecule has 0 radical (unpaired) electrons. The number of nitrogens with two attached hydrogens (primary N) is 1. The van der Waals surface area contributed by atoms with Gasteiger partial charge in [0.2, 0.25) is 0 Å². The van der Waals surface area contributed by atoms with Crippen LogP contribution in [0, 0.1) is 5.41 Å². The maximum Gasteiger partial charge on any atom is 0.341 e. The van der Waals surface area contributed by atoms with Crippen molar-refractivity contribution in [3.05, 3.63) is 82.4 Å². The zero-order valence-corrected chi connectivity index (χ0v) is 19.7. The van der Waals surface area contributed by atoms with Crippen molar-refractivity contribution in [2.75, 3.05) is 23.8 Å². The molecule has 3 aromatic carbocycles. The van der Waals surface area contributed by atoms with E-state index in [1.54, 1.807) is 54.6 Å². The highest BCUT2D eigenvalue weighted by molar-refractivity contribution is 6.31. The maximum absolute atomic E-state index is 13.1. The molecule has 0 aliphatic heterocycles. The number of hydrogen-bond donors (Lipinski definition) is 5. The summed E-state index contributed by atoms with van der Waals surface area (Å²) in [6, 6.07) is 16.8. The van der Waals surface area contributed by atoms with E-state index >= 15 is 0 Å². The van der Waals surface area contributed by atoms with Gasteiger partial charge in [-0.25, -0.2) is 4.79 Å². The molecule has 0 spiro atoms. The molecule has 3 rings (SSSR count). The highest BCUT2D eigenvalue weighted by Crippen LogP contribution is 2.33. The van der Waals surface area contributed by atoms with Crippen molar-refractivity contribution >= 4 is 40.7 Å². The highest BCUT2D eigenvalue weighted by atomic mass is 35.5. The molecule has 0 saturated heterocycles. The number of carbonyl (C=O) groups excluding carboxylic acids is 1. The molecule has 0 heterocycles. The number of nitrogen functional groups attached to an aromatic ring is 1. The first-order chi connectivity index (χ1) is 16.8. The van der Waals surface area contributed by atoms with Gasteiger partial charge in [0.05, 0.1) is 17.9 Å². The molecule has 10 heteroatoms. The fourth-order valence-corrected chi connectivity index (χ4v) is 3.51. The molecule has 0 aromatic heterocycles. The molecule has 6 N–H and O–H groups in total. The Morgan fingerprint density at radius 2 is 1.80 bits per heavy atom. The van der Waals surface area contributed by atoms with Gasteiger partial charge in [-0.2, -0.15) is 0 Å². The van der Waals surface area contributed by atoms with E-state index in [0.29, 0.717) is 45.6 Å². The zero-order valence-electron chi connectivity index (χ0n) is 18.9. The third kappa shape index (κ3) is 6.64. The second kappa shape index (κ2) is 11.8. The minimum Gasteiger partial charge on any atom is -0.490 e. The van der Waals surface area contributed by atoms with Crippen LogP contribution in [-0.2, 0) is 11.3 Å². The number of nitrogens with one attached hydrogen (secondary N) is 3. The molecule has 0 fully saturated rings. The fraction of sp³-hybridized carbons (Fsp3) is 0.160. The Hall–Kier alpha value is -4.24. The van der Waals surface area contributed by atoms with E-state index < -0.39 is 18.5 Å². The topological polar surface area (TPSA) is 147 Å². The predicted octanol–water partition coefficient (Wildman–Crippen LogP) is 4.35. The maximum atomic E-state index is 13.1. The van der Waals surface area contributed by atoms with Crippen molar-refractivity contribution < 1.29 is 24.2 Å². The predicted molar refractivity (Wildman–Crippen MR) is 135 cm³/mol. The quantitative estimate of drug-likeness (QED) is 0.196. The first-order valence-electron chi connectivity index (χ1n) is 10.7. The molecule has 0 aliphatic rings. The highest BCUT2D eigenvalue weighted by Gasteiger charge is 2.17. The van der Waals surface area contributed by atoms with Crippen LogP contribution in [0.5, 0.6) is 11.5 Å².